The van der Waals surface area contributed by atoms with E-state index < -0.39 is 17.8 Å². The highest BCUT2D eigenvalue weighted by Gasteiger charge is 2.71. The molecule has 1 aliphatic carbocycles. The summed E-state index contributed by atoms with van der Waals surface area (Å²) >= 11 is 0. The summed E-state index contributed by atoms with van der Waals surface area (Å²) < 4.78 is 31.2. The average Bonchev–Trinajstić information content (AvgIpc) is 2.79. The van der Waals surface area contributed by atoms with E-state index in [9.17, 15) is 8.78 Å². The predicted octanol–water partition coefficient (Wildman–Crippen LogP) is 2.71. The fourth-order valence-corrected chi connectivity index (χ4v) is 2.75. The van der Waals surface area contributed by atoms with Gasteiger partial charge in [-0.05, 0) is 30.7 Å². The molecule has 1 aliphatic heterocycles. The largest absolute Gasteiger partial charge is 0.504 e. The molecule has 5 heteroatoms. The molecular weight excluding hydrogens is 250 g/mol. The molecule has 1 aromatic heterocycles. The van der Waals surface area contributed by atoms with Crippen LogP contribution in [0.5, 0.6) is 0 Å². The van der Waals surface area contributed by atoms with Crippen molar-refractivity contribution in [2.45, 2.75) is 12.8 Å². The summed E-state index contributed by atoms with van der Waals surface area (Å²) in [5.41, 5.74) is 1.85. The van der Waals surface area contributed by atoms with E-state index in [2.05, 4.69) is 4.98 Å². The van der Waals surface area contributed by atoms with Gasteiger partial charge in [-0.2, -0.15) is 0 Å². The topological polar surface area (TPSA) is 25.4 Å². The SMILES string of the molecule is COC=Cc1ccc(N2CC3C(C2)C3(F)F)nc1C. The van der Waals surface area contributed by atoms with Crippen molar-refractivity contribution in [3.05, 3.63) is 29.7 Å². The third kappa shape index (κ3) is 1.97. The normalized spacial score (nSPS) is 27.7. The highest BCUT2D eigenvalue weighted by atomic mass is 19.3. The van der Waals surface area contributed by atoms with Crippen molar-refractivity contribution in [1.29, 1.82) is 0 Å². The lowest BCUT2D eigenvalue weighted by Gasteiger charge is -2.21. The smallest absolute Gasteiger partial charge is 0.258 e. The first-order valence-corrected chi connectivity index (χ1v) is 6.34. The van der Waals surface area contributed by atoms with Crippen molar-refractivity contribution in [2.24, 2.45) is 11.8 Å². The van der Waals surface area contributed by atoms with Crippen molar-refractivity contribution < 1.29 is 13.5 Å². The van der Waals surface area contributed by atoms with Crippen LogP contribution in [0.1, 0.15) is 11.3 Å². The van der Waals surface area contributed by atoms with Gasteiger partial charge in [0, 0.05) is 18.8 Å². The second kappa shape index (κ2) is 4.18. The minimum absolute atomic E-state index is 0.414. The van der Waals surface area contributed by atoms with E-state index in [4.69, 9.17) is 4.74 Å². The summed E-state index contributed by atoms with van der Waals surface area (Å²) in [4.78, 5) is 6.43. The molecule has 1 saturated carbocycles. The summed E-state index contributed by atoms with van der Waals surface area (Å²) in [6.45, 7) is 2.74. The van der Waals surface area contributed by atoms with Crippen LogP contribution in [-0.4, -0.2) is 31.1 Å². The predicted molar refractivity (Wildman–Crippen MR) is 69.2 cm³/mol. The number of aromatic nitrogens is 1. The summed E-state index contributed by atoms with van der Waals surface area (Å²) in [6.07, 6.45) is 3.43. The fourth-order valence-electron chi connectivity index (χ4n) is 2.75. The van der Waals surface area contributed by atoms with Crippen LogP contribution in [0.2, 0.25) is 0 Å². The van der Waals surface area contributed by atoms with Crippen LogP contribution in [-0.2, 0) is 4.74 Å². The second-order valence-corrected chi connectivity index (χ2v) is 5.18. The standard InChI is InChI=1S/C14H16F2N2O/c1-9-10(5-6-19-2)3-4-13(17-9)18-7-11-12(8-18)14(11,15)16/h3-6,11-12H,7-8H2,1-2H3. The molecule has 1 aromatic rings. The maximum absolute atomic E-state index is 13.1. The highest BCUT2D eigenvalue weighted by Crippen LogP contribution is 2.59. The number of halogens is 2. The molecule has 0 bridgehead atoms. The summed E-state index contributed by atoms with van der Waals surface area (Å²) in [7, 11) is 1.59. The lowest BCUT2D eigenvalue weighted by molar-refractivity contribution is 0.0797. The van der Waals surface area contributed by atoms with Gasteiger partial charge in [0.25, 0.3) is 5.92 Å². The van der Waals surface area contributed by atoms with Gasteiger partial charge >= 0.3 is 0 Å². The molecule has 0 spiro atoms. The van der Waals surface area contributed by atoms with Crippen LogP contribution in [0.4, 0.5) is 14.6 Å². The van der Waals surface area contributed by atoms with Crippen LogP contribution in [0, 0.1) is 18.8 Å². The number of ether oxygens (including phenoxy) is 1. The zero-order valence-electron chi connectivity index (χ0n) is 10.9. The first kappa shape index (κ1) is 12.4. The number of fused-ring (bicyclic) bond motifs is 1. The van der Waals surface area contributed by atoms with Crippen molar-refractivity contribution >= 4 is 11.9 Å². The number of anilines is 1. The van der Waals surface area contributed by atoms with Gasteiger partial charge in [-0.15, -0.1) is 0 Å². The Morgan fingerprint density at radius 2 is 2.05 bits per heavy atom. The maximum atomic E-state index is 13.1. The molecule has 2 fully saturated rings. The number of hydrogen-bond donors (Lipinski definition) is 0. The highest BCUT2D eigenvalue weighted by molar-refractivity contribution is 5.55. The lowest BCUT2D eigenvalue weighted by atomic mass is 10.2. The monoisotopic (exact) mass is 266 g/mol. The molecule has 3 rings (SSSR count). The zero-order chi connectivity index (χ0) is 13.6. The molecular formula is C14H16F2N2O. The van der Waals surface area contributed by atoms with Gasteiger partial charge in [-0.1, -0.05) is 0 Å². The van der Waals surface area contributed by atoms with E-state index in [0.717, 1.165) is 17.1 Å². The number of pyridine rings is 1. The fraction of sp³-hybridized carbons (Fsp3) is 0.500. The minimum atomic E-state index is -2.44. The molecule has 0 aromatic carbocycles. The van der Waals surface area contributed by atoms with Crippen molar-refractivity contribution in [3.8, 4) is 0 Å². The van der Waals surface area contributed by atoms with Crippen molar-refractivity contribution in [3.63, 3.8) is 0 Å². The number of piperidine rings is 1. The Bertz CT molecular complexity index is 516. The van der Waals surface area contributed by atoms with E-state index in [-0.39, 0.29) is 0 Å². The number of hydrogen-bond acceptors (Lipinski definition) is 3. The van der Waals surface area contributed by atoms with Gasteiger partial charge in [-0.3, -0.25) is 0 Å². The molecule has 1 saturated heterocycles. The molecule has 0 radical (unpaired) electrons. The molecule has 0 N–H and O–H groups in total. The molecule has 2 heterocycles. The molecule has 102 valence electrons. The first-order valence-electron chi connectivity index (χ1n) is 6.34. The summed E-state index contributed by atoms with van der Waals surface area (Å²) in [6, 6.07) is 3.82. The molecule has 2 aliphatic rings. The van der Waals surface area contributed by atoms with Crippen molar-refractivity contribution in [1.82, 2.24) is 4.98 Å². The summed E-state index contributed by atoms with van der Waals surface area (Å²) in [5.74, 6) is -2.59. The molecule has 3 nitrogen and oxygen atoms in total. The van der Waals surface area contributed by atoms with Gasteiger partial charge < -0.3 is 9.64 Å². The van der Waals surface area contributed by atoms with Gasteiger partial charge in [0.15, 0.2) is 0 Å². The number of nitrogens with zero attached hydrogens (tertiary/aromatic N) is 2. The van der Waals surface area contributed by atoms with E-state index in [0.29, 0.717) is 13.1 Å². The number of alkyl halides is 2. The molecule has 19 heavy (non-hydrogen) atoms. The Morgan fingerprint density at radius 1 is 1.37 bits per heavy atom. The number of aryl methyl sites for hydroxylation is 1. The quantitative estimate of drug-likeness (QED) is 0.787. The van der Waals surface area contributed by atoms with Crippen LogP contribution < -0.4 is 4.90 Å². The van der Waals surface area contributed by atoms with Crippen LogP contribution in [0.3, 0.4) is 0 Å². The van der Waals surface area contributed by atoms with Crippen LogP contribution >= 0.6 is 0 Å². The third-order valence-corrected chi connectivity index (χ3v) is 4.02. The Kier molecular flexibility index (Phi) is 2.73. The molecule has 0 amide bonds. The van der Waals surface area contributed by atoms with Gasteiger partial charge in [0.05, 0.1) is 25.2 Å². The average molecular weight is 266 g/mol. The summed E-state index contributed by atoms with van der Waals surface area (Å²) in [5, 5.41) is 0. The van der Waals surface area contributed by atoms with E-state index in [1.54, 1.807) is 13.4 Å². The minimum Gasteiger partial charge on any atom is -0.504 e. The van der Waals surface area contributed by atoms with Crippen molar-refractivity contribution in [2.75, 3.05) is 25.1 Å². The third-order valence-electron chi connectivity index (χ3n) is 4.02. The van der Waals surface area contributed by atoms with Gasteiger partial charge in [0.2, 0.25) is 0 Å². The Labute approximate surface area is 110 Å². The van der Waals surface area contributed by atoms with Crippen LogP contribution in [0.25, 0.3) is 6.08 Å². The number of rotatable bonds is 3. The number of methoxy groups -OCH3 is 1. The molecule has 2 atom stereocenters. The van der Waals surface area contributed by atoms with E-state index in [1.165, 1.54) is 0 Å². The Balaban J connectivity index is 1.74. The lowest BCUT2D eigenvalue weighted by Crippen LogP contribution is -2.28. The molecule has 2 unspecified atom stereocenters. The van der Waals surface area contributed by atoms with Crippen LogP contribution in [0.15, 0.2) is 18.4 Å². The van der Waals surface area contributed by atoms with Gasteiger partial charge in [0.1, 0.15) is 5.82 Å². The zero-order valence-corrected chi connectivity index (χ0v) is 10.9. The first-order chi connectivity index (χ1) is 9.04. The second-order valence-electron chi connectivity index (χ2n) is 5.18. The van der Waals surface area contributed by atoms with Gasteiger partial charge in [-0.25, -0.2) is 13.8 Å². The maximum Gasteiger partial charge on any atom is 0.258 e. The van der Waals surface area contributed by atoms with E-state index >= 15 is 0 Å². The van der Waals surface area contributed by atoms with E-state index in [1.807, 2.05) is 30.0 Å². The Morgan fingerprint density at radius 3 is 2.63 bits per heavy atom. The Hall–Kier alpha value is -1.65.